The van der Waals surface area contributed by atoms with Crippen LogP contribution in [0.2, 0.25) is 0 Å². The van der Waals surface area contributed by atoms with E-state index in [0.29, 0.717) is 6.04 Å². The van der Waals surface area contributed by atoms with Crippen LogP contribution in [0.4, 0.5) is 0 Å². The third-order valence-corrected chi connectivity index (χ3v) is 4.94. The van der Waals surface area contributed by atoms with Gasteiger partial charge in [-0.3, -0.25) is 4.98 Å². The van der Waals surface area contributed by atoms with Crippen molar-refractivity contribution in [3.05, 3.63) is 16.6 Å². The highest BCUT2D eigenvalue weighted by molar-refractivity contribution is 7.09. The molecule has 0 amide bonds. The molecule has 1 aliphatic rings. The molecule has 1 aromatic heterocycles. The van der Waals surface area contributed by atoms with Crippen LogP contribution in [-0.2, 0) is 6.42 Å². The van der Waals surface area contributed by atoms with Crippen molar-refractivity contribution in [3.63, 3.8) is 0 Å². The van der Waals surface area contributed by atoms with Gasteiger partial charge in [0, 0.05) is 17.1 Å². The number of aromatic nitrogens is 1. The van der Waals surface area contributed by atoms with Crippen LogP contribution in [0.15, 0.2) is 11.7 Å². The van der Waals surface area contributed by atoms with Crippen molar-refractivity contribution in [1.82, 2.24) is 10.3 Å². The lowest BCUT2D eigenvalue weighted by Gasteiger charge is -2.35. The molecule has 0 bridgehead atoms. The number of thiazole rings is 1. The van der Waals surface area contributed by atoms with Crippen molar-refractivity contribution in [2.24, 2.45) is 17.8 Å². The maximum absolute atomic E-state index is 4.21. The van der Waals surface area contributed by atoms with Crippen molar-refractivity contribution in [2.45, 2.75) is 52.5 Å². The first-order valence-electron chi connectivity index (χ1n) is 7.26. The molecule has 0 saturated heterocycles. The lowest BCUT2D eigenvalue weighted by molar-refractivity contribution is 0.182. The zero-order chi connectivity index (χ0) is 13.0. The molecule has 1 aliphatic carbocycles. The predicted octanol–water partition coefficient (Wildman–Crippen LogP) is 3.74. The van der Waals surface area contributed by atoms with Gasteiger partial charge in [-0.25, -0.2) is 0 Å². The van der Waals surface area contributed by atoms with Gasteiger partial charge >= 0.3 is 0 Å². The first kappa shape index (κ1) is 14.0. The molecule has 1 fully saturated rings. The van der Waals surface area contributed by atoms with E-state index >= 15 is 0 Å². The lowest BCUT2D eigenvalue weighted by Crippen LogP contribution is -2.36. The van der Waals surface area contributed by atoms with Crippen LogP contribution in [0.25, 0.3) is 0 Å². The average Bonchev–Trinajstić information content (AvgIpc) is 2.80. The summed E-state index contributed by atoms with van der Waals surface area (Å²) in [7, 11) is 0. The van der Waals surface area contributed by atoms with E-state index in [2.05, 4.69) is 37.3 Å². The first-order chi connectivity index (χ1) is 8.65. The van der Waals surface area contributed by atoms with Crippen LogP contribution in [0, 0.1) is 17.8 Å². The van der Waals surface area contributed by atoms with Gasteiger partial charge in [0.1, 0.15) is 0 Å². The summed E-state index contributed by atoms with van der Waals surface area (Å²) < 4.78 is 0. The number of hydrogen-bond acceptors (Lipinski definition) is 3. The van der Waals surface area contributed by atoms with E-state index in [0.717, 1.165) is 17.8 Å². The highest BCUT2D eigenvalue weighted by Crippen LogP contribution is 2.36. The summed E-state index contributed by atoms with van der Waals surface area (Å²) in [5, 5.41) is 3.63. The molecule has 3 heteroatoms. The molecule has 1 aromatic rings. The van der Waals surface area contributed by atoms with Gasteiger partial charge in [-0.05, 0) is 43.6 Å². The van der Waals surface area contributed by atoms with Gasteiger partial charge in [0.05, 0.1) is 5.51 Å². The Hall–Kier alpha value is -0.410. The fraction of sp³-hybridized carbons (Fsp3) is 0.800. The maximum Gasteiger partial charge on any atom is 0.0794 e. The summed E-state index contributed by atoms with van der Waals surface area (Å²) in [4.78, 5) is 5.67. The Labute approximate surface area is 115 Å². The van der Waals surface area contributed by atoms with Crippen molar-refractivity contribution < 1.29 is 0 Å². The standard InChI is InChI=1S/C15H26N2S/c1-11(2)17-8-13-5-4-12(3)6-14(13)7-15-9-16-10-18-15/h9-14,17H,4-8H2,1-3H3. The summed E-state index contributed by atoms with van der Waals surface area (Å²) in [6.07, 6.45) is 7.48. The van der Waals surface area contributed by atoms with Gasteiger partial charge < -0.3 is 5.32 Å². The van der Waals surface area contributed by atoms with E-state index in [-0.39, 0.29) is 0 Å². The molecule has 3 atom stereocenters. The van der Waals surface area contributed by atoms with Gasteiger partial charge in [0.2, 0.25) is 0 Å². The van der Waals surface area contributed by atoms with E-state index in [4.69, 9.17) is 0 Å². The second-order valence-corrected chi connectivity index (χ2v) is 7.14. The van der Waals surface area contributed by atoms with Gasteiger partial charge in [0.15, 0.2) is 0 Å². The second-order valence-electron chi connectivity index (χ2n) is 6.17. The molecule has 1 N–H and O–H groups in total. The molecule has 0 radical (unpaired) electrons. The predicted molar refractivity (Wildman–Crippen MR) is 79.0 cm³/mol. The van der Waals surface area contributed by atoms with Gasteiger partial charge in [-0.1, -0.05) is 27.2 Å². The average molecular weight is 266 g/mol. The summed E-state index contributed by atoms with van der Waals surface area (Å²) in [6.45, 7) is 8.08. The monoisotopic (exact) mass is 266 g/mol. The fourth-order valence-electron chi connectivity index (χ4n) is 3.07. The van der Waals surface area contributed by atoms with E-state index in [1.807, 2.05) is 16.8 Å². The van der Waals surface area contributed by atoms with Crippen LogP contribution in [-0.4, -0.2) is 17.6 Å². The summed E-state index contributed by atoms with van der Waals surface area (Å²) in [5.41, 5.74) is 1.96. The first-order valence-corrected chi connectivity index (χ1v) is 8.14. The van der Waals surface area contributed by atoms with Gasteiger partial charge in [-0.15, -0.1) is 11.3 Å². The molecule has 1 saturated carbocycles. The molecule has 1 heterocycles. The van der Waals surface area contributed by atoms with Crippen molar-refractivity contribution in [1.29, 1.82) is 0 Å². The summed E-state index contributed by atoms with van der Waals surface area (Å²) in [5.74, 6) is 2.60. The van der Waals surface area contributed by atoms with E-state index in [1.54, 1.807) is 0 Å². The second kappa shape index (κ2) is 6.67. The van der Waals surface area contributed by atoms with Crippen LogP contribution < -0.4 is 5.32 Å². The SMILES string of the molecule is CC1CCC(CNC(C)C)C(Cc2cncs2)C1. The molecule has 102 valence electrons. The van der Waals surface area contributed by atoms with Crippen LogP contribution in [0.5, 0.6) is 0 Å². The molecule has 0 aliphatic heterocycles. The molecular weight excluding hydrogens is 240 g/mol. The third kappa shape index (κ3) is 4.06. The zero-order valence-corrected chi connectivity index (χ0v) is 12.7. The van der Waals surface area contributed by atoms with E-state index in [1.165, 1.54) is 37.1 Å². The molecular formula is C15H26N2S. The van der Waals surface area contributed by atoms with Crippen LogP contribution in [0.1, 0.15) is 44.9 Å². The fourth-order valence-corrected chi connectivity index (χ4v) is 3.76. The number of nitrogens with one attached hydrogen (secondary N) is 1. The summed E-state index contributed by atoms with van der Waals surface area (Å²) >= 11 is 1.81. The summed E-state index contributed by atoms with van der Waals surface area (Å²) in [6, 6.07) is 0.605. The lowest BCUT2D eigenvalue weighted by atomic mass is 9.73. The van der Waals surface area contributed by atoms with Crippen molar-refractivity contribution in [2.75, 3.05) is 6.54 Å². The quantitative estimate of drug-likeness (QED) is 0.878. The Kier molecular flexibility index (Phi) is 5.19. The Morgan fingerprint density at radius 2 is 2.22 bits per heavy atom. The number of hydrogen-bond donors (Lipinski definition) is 1. The Balaban J connectivity index is 1.92. The van der Waals surface area contributed by atoms with E-state index < -0.39 is 0 Å². The Morgan fingerprint density at radius 3 is 2.89 bits per heavy atom. The number of nitrogens with zero attached hydrogens (tertiary/aromatic N) is 1. The van der Waals surface area contributed by atoms with Crippen LogP contribution >= 0.6 is 11.3 Å². The minimum atomic E-state index is 0.605. The molecule has 2 nitrogen and oxygen atoms in total. The normalized spacial score (nSPS) is 28.8. The molecule has 18 heavy (non-hydrogen) atoms. The topological polar surface area (TPSA) is 24.9 Å². The maximum atomic E-state index is 4.21. The largest absolute Gasteiger partial charge is 0.314 e. The van der Waals surface area contributed by atoms with Crippen molar-refractivity contribution >= 4 is 11.3 Å². The Morgan fingerprint density at radius 1 is 1.39 bits per heavy atom. The molecule has 3 unspecified atom stereocenters. The smallest absolute Gasteiger partial charge is 0.0794 e. The highest BCUT2D eigenvalue weighted by Gasteiger charge is 2.28. The Bertz CT molecular complexity index is 334. The minimum absolute atomic E-state index is 0.605. The highest BCUT2D eigenvalue weighted by atomic mass is 32.1. The molecule has 0 aromatic carbocycles. The van der Waals surface area contributed by atoms with Crippen LogP contribution in [0.3, 0.4) is 0 Å². The minimum Gasteiger partial charge on any atom is -0.314 e. The zero-order valence-electron chi connectivity index (χ0n) is 11.9. The van der Waals surface area contributed by atoms with Gasteiger partial charge in [-0.2, -0.15) is 0 Å². The molecule has 2 rings (SSSR count). The third-order valence-electron chi connectivity index (χ3n) is 4.14. The van der Waals surface area contributed by atoms with E-state index in [9.17, 15) is 0 Å². The van der Waals surface area contributed by atoms with Gasteiger partial charge in [0.25, 0.3) is 0 Å². The van der Waals surface area contributed by atoms with Crippen molar-refractivity contribution in [3.8, 4) is 0 Å². The molecule has 0 spiro atoms. The number of rotatable bonds is 5.